The van der Waals surface area contributed by atoms with Crippen molar-refractivity contribution in [3.63, 3.8) is 0 Å². The lowest BCUT2D eigenvalue weighted by molar-refractivity contribution is 0.392. The maximum atomic E-state index is 2.67. The standard InChI is InChI=1S/C21H33BN2Si/c1-6-23(7-2)22(24(8-3)9-4)25(5,20-16-12-10-13-17-20)21-18-14-11-15-19-21/h10-19H,6-9H2,1-5H3. The molecule has 0 bridgehead atoms. The largest absolute Gasteiger partial charge is 0.331 e. The van der Waals surface area contributed by atoms with Gasteiger partial charge in [-0.1, -0.05) is 105 Å². The van der Waals surface area contributed by atoms with E-state index in [2.05, 4.69) is 105 Å². The molecule has 0 N–H and O–H groups in total. The molecule has 0 atom stereocenters. The first kappa shape index (κ1) is 20.0. The van der Waals surface area contributed by atoms with Gasteiger partial charge in [-0.05, 0) is 26.2 Å². The maximum absolute atomic E-state index is 2.67. The molecule has 0 heterocycles. The average Bonchev–Trinajstić information content (AvgIpc) is 2.69. The summed E-state index contributed by atoms with van der Waals surface area (Å²) in [6.45, 7) is 16.5. The Morgan fingerprint density at radius 2 is 0.960 bits per heavy atom. The van der Waals surface area contributed by atoms with Crippen LogP contribution in [0.25, 0.3) is 0 Å². The van der Waals surface area contributed by atoms with Crippen LogP contribution in [0.4, 0.5) is 0 Å². The van der Waals surface area contributed by atoms with Crippen molar-refractivity contribution in [1.82, 2.24) is 9.62 Å². The molecule has 0 amide bonds. The minimum absolute atomic E-state index is 0.460. The lowest BCUT2D eigenvalue weighted by Gasteiger charge is -2.45. The van der Waals surface area contributed by atoms with Crippen molar-refractivity contribution < 1.29 is 0 Å². The molecule has 0 aliphatic carbocycles. The molecule has 0 fully saturated rings. The van der Waals surface area contributed by atoms with Crippen molar-refractivity contribution in [2.45, 2.75) is 34.2 Å². The molecular weight excluding hydrogens is 319 g/mol. The Kier molecular flexibility index (Phi) is 7.48. The fraction of sp³-hybridized carbons (Fsp3) is 0.429. The van der Waals surface area contributed by atoms with Gasteiger partial charge in [-0.2, -0.15) is 0 Å². The van der Waals surface area contributed by atoms with Gasteiger partial charge >= 0.3 is 6.57 Å². The maximum Gasteiger partial charge on any atom is 0.306 e. The minimum Gasteiger partial charge on any atom is -0.331 e. The van der Waals surface area contributed by atoms with Crippen molar-refractivity contribution in [2.75, 3.05) is 26.2 Å². The Bertz CT molecular complexity index is 561. The first-order valence-corrected chi connectivity index (χ1v) is 12.3. The molecular formula is C21H33BN2Si. The topological polar surface area (TPSA) is 6.48 Å². The third-order valence-electron chi connectivity index (χ3n) is 5.58. The van der Waals surface area contributed by atoms with Gasteiger partial charge in [-0.3, -0.25) is 0 Å². The molecule has 0 aliphatic rings. The monoisotopic (exact) mass is 352 g/mol. The van der Waals surface area contributed by atoms with Gasteiger partial charge in [0.25, 0.3) is 0 Å². The van der Waals surface area contributed by atoms with Crippen LogP contribution in [0.15, 0.2) is 60.7 Å². The van der Waals surface area contributed by atoms with E-state index in [0.29, 0.717) is 6.57 Å². The molecule has 0 unspecified atom stereocenters. The number of hydrogen-bond acceptors (Lipinski definition) is 2. The zero-order valence-corrected chi connectivity index (χ0v) is 17.6. The van der Waals surface area contributed by atoms with E-state index in [-0.39, 0.29) is 0 Å². The van der Waals surface area contributed by atoms with Gasteiger partial charge in [-0.15, -0.1) is 0 Å². The van der Waals surface area contributed by atoms with Gasteiger partial charge in [0.2, 0.25) is 0 Å². The predicted molar refractivity (Wildman–Crippen MR) is 115 cm³/mol. The Balaban J connectivity index is 2.70. The van der Waals surface area contributed by atoms with E-state index in [1.54, 1.807) is 0 Å². The molecule has 0 aromatic heterocycles. The van der Waals surface area contributed by atoms with Crippen LogP contribution in [-0.2, 0) is 0 Å². The highest BCUT2D eigenvalue weighted by Gasteiger charge is 2.49. The first-order valence-electron chi connectivity index (χ1n) is 9.72. The first-order chi connectivity index (χ1) is 12.1. The van der Waals surface area contributed by atoms with E-state index in [1.165, 1.54) is 10.4 Å². The highest BCUT2D eigenvalue weighted by molar-refractivity contribution is 7.42. The van der Waals surface area contributed by atoms with Gasteiger partial charge in [-0.25, -0.2) is 0 Å². The molecule has 2 nitrogen and oxygen atoms in total. The summed E-state index contributed by atoms with van der Waals surface area (Å²) in [4.78, 5) is 5.33. The van der Waals surface area contributed by atoms with Gasteiger partial charge in [0.15, 0.2) is 0 Å². The third-order valence-corrected chi connectivity index (χ3v) is 10.4. The molecule has 0 spiro atoms. The summed E-state index contributed by atoms with van der Waals surface area (Å²) in [7, 11) is -1.99. The van der Waals surface area contributed by atoms with Crippen LogP contribution in [0.5, 0.6) is 0 Å². The normalized spacial score (nSPS) is 12.0. The number of nitrogens with zero attached hydrogens (tertiary/aromatic N) is 2. The summed E-state index contributed by atoms with van der Waals surface area (Å²) in [5.74, 6) is 0. The van der Waals surface area contributed by atoms with E-state index in [0.717, 1.165) is 26.2 Å². The number of benzene rings is 2. The summed E-state index contributed by atoms with van der Waals surface area (Å²) in [5.41, 5.74) is 0. The van der Waals surface area contributed by atoms with E-state index >= 15 is 0 Å². The Hall–Kier alpha value is -1.36. The second kappa shape index (κ2) is 9.37. The molecule has 25 heavy (non-hydrogen) atoms. The highest BCUT2D eigenvalue weighted by Crippen LogP contribution is 2.17. The molecule has 4 heteroatoms. The van der Waals surface area contributed by atoms with Crippen LogP contribution in [-0.4, -0.2) is 50.3 Å². The molecule has 2 aromatic rings. The van der Waals surface area contributed by atoms with Crippen LogP contribution >= 0.6 is 0 Å². The lowest BCUT2D eigenvalue weighted by Crippen LogP contribution is -2.77. The summed E-state index contributed by atoms with van der Waals surface area (Å²) in [6, 6.07) is 22.4. The highest BCUT2D eigenvalue weighted by atomic mass is 28.3. The van der Waals surface area contributed by atoms with Crippen molar-refractivity contribution in [3.05, 3.63) is 60.7 Å². The lowest BCUT2D eigenvalue weighted by atomic mass is 10.0. The fourth-order valence-electron chi connectivity index (χ4n) is 4.13. The van der Waals surface area contributed by atoms with Gasteiger partial charge in [0.05, 0.1) is 0 Å². The second-order valence-electron chi connectivity index (χ2n) is 6.75. The summed E-state index contributed by atoms with van der Waals surface area (Å²) >= 11 is 0. The Morgan fingerprint density at radius 3 is 1.24 bits per heavy atom. The van der Waals surface area contributed by atoms with E-state index in [4.69, 9.17) is 0 Å². The predicted octanol–water partition coefficient (Wildman–Crippen LogP) is 3.13. The molecule has 2 rings (SSSR count). The molecule has 0 saturated carbocycles. The average molecular weight is 352 g/mol. The SMILES string of the molecule is CCN(CC)B(N(CC)CC)[Si](C)(c1ccccc1)c1ccccc1. The summed E-state index contributed by atoms with van der Waals surface area (Å²) in [5, 5.41) is 3.04. The van der Waals surface area contributed by atoms with Crippen LogP contribution < -0.4 is 10.4 Å². The van der Waals surface area contributed by atoms with Crippen molar-refractivity contribution >= 4 is 24.9 Å². The van der Waals surface area contributed by atoms with E-state index < -0.39 is 7.94 Å². The quantitative estimate of drug-likeness (QED) is 0.640. The zero-order chi connectivity index (χ0) is 18.3. The van der Waals surface area contributed by atoms with E-state index in [9.17, 15) is 0 Å². The van der Waals surface area contributed by atoms with Crippen LogP contribution in [0.1, 0.15) is 27.7 Å². The van der Waals surface area contributed by atoms with Gasteiger partial charge in [0.1, 0.15) is 7.94 Å². The molecule has 2 aromatic carbocycles. The Labute approximate surface area is 155 Å². The third kappa shape index (κ3) is 4.08. The molecule has 0 radical (unpaired) electrons. The smallest absolute Gasteiger partial charge is 0.306 e. The van der Waals surface area contributed by atoms with Gasteiger partial charge in [0, 0.05) is 0 Å². The second-order valence-corrected chi connectivity index (χ2v) is 10.8. The zero-order valence-electron chi connectivity index (χ0n) is 16.6. The molecule has 0 saturated heterocycles. The molecule has 0 aliphatic heterocycles. The number of rotatable bonds is 9. The van der Waals surface area contributed by atoms with Crippen LogP contribution in [0, 0.1) is 0 Å². The van der Waals surface area contributed by atoms with Crippen LogP contribution in [0.3, 0.4) is 0 Å². The number of hydrogen-bond donors (Lipinski definition) is 0. The Morgan fingerprint density at radius 1 is 0.640 bits per heavy atom. The molecule has 134 valence electrons. The fourth-order valence-corrected chi connectivity index (χ4v) is 9.02. The van der Waals surface area contributed by atoms with Crippen molar-refractivity contribution in [1.29, 1.82) is 0 Å². The van der Waals surface area contributed by atoms with Crippen molar-refractivity contribution in [2.24, 2.45) is 0 Å². The summed E-state index contributed by atoms with van der Waals surface area (Å²) in [6.07, 6.45) is 0. The van der Waals surface area contributed by atoms with Crippen LogP contribution in [0.2, 0.25) is 6.55 Å². The van der Waals surface area contributed by atoms with Gasteiger partial charge < -0.3 is 9.62 Å². The van der Waals surface area contributed by atoms with E-state index in [1.807, 2.05) is 0 Å². The van der Waals surface area contributed by atoms with Crippen molar-refractivity contribution in [3.8, 4) is 0 Å². The summed E-state index contributed by atoms with van der Waals surface area (Å²) < 4.78 is 0. The minimum atomic E-state index is -1.99.